The van der Waals surface area contributed by atoms with Crippen LogP contribution in [0, 0.1) is 0 Å². The first kappa shape index (κ1) is 26.3. The van der Waals surface area contributed by atoms with Gasteiger partial charge in [-0.1, -0.05) is 172 Å². The Hall–Kier alpha value is -0.715. The molecule has 1 aromatic rings. The molecule has 0 nitrogen and oxygen atoms in total. The van der Waals surface area contributed by atoms with Crippen molar-refractivity contribution < 1.29 is 0 Å². The molecular weight excluding hydrogens is 347 g/mol. The van der Waals surface area contributed by atoms with Crippen LogP contribution in [-0.4, -0.2) is 6.71 Å². The Morgan fingerprint density at radius 3 is 1.48 bits per heavy atom. The van der Waals surface area contributed by atoms with Crippen LogP contribution in [0.25, 0.3) is 0 Å². The third-order valence-corrected chi connectivity index (χ3v) is 6.77. The number of rotatable bonds is 20. The van der Waals surface area contributed by atoms with Gasteiger partial charge in [0.25, 0.3) is 0 Å². The van der Waals surface area contributed by atoms with Gasteiger partial charge in [-0.15, -0.1) is 0 Å². The van der Waals surface area contributed by atoms with Gasteiger partial charge in [0.2, 0.25) is 0 Å². The van der Waals surface area contributed by atoms with Crippen molar-refractivity contribution in [3.8, 4) is 0 Å². The van der Waals surface area contributed by atoms with Crippen LogP contribution in [0.1, 0.15) is 135 Å². The van der Waals surface area contributed by atoms with Crippen molar-refractivity contribution in [3.05, 3.63) is 35.9 Å². The van der Waals surface area contributed by atoms with Gasteiger partial charge in [0.15, 0.2) is 0 Å². The summed E-state index contributed by atoms with van der Waals surface area (Å²) >= 11 is 0. The third kappa shape index (κ3) is 13.2. The summed E-state index contributed by atoms with van der Waals surface area (Å²) in [5, 5.41) is 0. The van der Waals surface area contributed by atoms with E-state index in [0.717, 1.165) is 12.5 Å². The maximum Gasteiger partial charge on any atom is 0.148 e. The van der Waals surface area contributed by atoms with E-state index in [0.29, 0.717) is 0 Å². The fourth-order valence-electron chi connectivity index (χ4n) is 4.91. The van der Waals surface area contributed by atoms with E-state index in [-0.39, 0.29) is 0 Å². The molecule has 29 heavy (non-hydrogen) atoms. The molecule has 1 heteroatoms. The summed E-state index contributed by atoms with van der Waals surface area (Å²) in [6.45, 7) is 7.86. The average molecular weight is 399 g/mol. The lowest BCUT2D eigenvalue weighted by atomic mass is 9.34. The predicted molar refractivity (Wildman–Crippen MR) is 135 cm³/mol. The minimum Gasteiger partial charge on any atom is -0.0736 e. The van der Waals surface area contributed by atoms with Gasteiger partial charge in [0, 0.05) is 0 Å². The smallest absolute Gasteiger partial charge is 0.0736 e. The first-order chi connectivity index (χ1) is 14.3. The standard InChI is InChI=1S/C28H51B/c1-4-7-10-13-19-24-28(27-22-17-16-18-23-27)29(25-20-14-11-8-5-2)26-21-15-12-9-6-3/h16-18,22-23,28H,4-15,19-21,24-26H2,1-3H3. The summed E-state index contributed by atoms with van der Waals surface area (Å²) in [6, 6.07) is 11.5. The quantitative estimate of drug-likeness (QED) is 0.151. The van der Waals surface area contributed by atoms with Crippen molar-refractivity contribution in [2.45, 2.75) is 142 Å². The second kappa shape index (κ2) is 19.3. The molecule has 0 aromatic heterocycles. The second-order valence-electron chi connectivity index (χ2n) is 9.39. The summed E-state index contributed by atoms with van der Waals surface area (Å²) < 4.78 is 0. The maximum atomic E-state index is 2.41. The lowest BCUT2D eigenvalue weighted by molar-refractivity contribution is 0.591. The number of hydrogen-bond acceptors (Lipinski definition) is 0. The minimum absolute atomic E-state index is 0.787. The van der Waals surface area contributed by atoms with Gasteiger partial charge in [0.05, 0.1) is 0 Å². The Morgan fingerprint density at radius 1 is 0.552 bits per heavy atom. The van der Waals surface area contributed by atoms with Gasteiger partial charge >= 0.3 is 0 Å². The fourth-order valence-corrected chi connectivity index (χ4v) is 4.91. The molecule has 166 valence electrons. The molecule has 0 heterocycles. The van der Waals surface area contributed by atoms with Crippen LogP contribution in [-0.2, 0) is 0 Å². The molecule has 0 bridgehead atoms. The first-order valence-electron chi connectivity index (χ1n) is 13.4. The molecule has 0 aliphatic rings. The molecule has 0 fully saturated rings. The fraction of sp³-hybridized carbons (Fsp3) is 0.786. The molecule has 0 radical (unpaired) electrons. The van der Waals surface area contributed by atoms with Crippen molar-refractivity contribution in [1.29, 1.82) is 0 Å². The number of hydrogen-bond donors (Lipinski definition) is 0. The van der Waals surface area contributed by atoms with E-state index in [1.165, 1.54) is 115 Å². The van der Waals surface area contributed by atoms with Gasteiger partial charge < -0.3 is 0 Å². The largest absolute Gasteiger partial charge is 0.148 e. The van der Waals surface area contributed by atoms with Crippen molar-refractivity contribution in [1.82, 2.24) is 0 Å². The molecule has 1 atom stereocenters. The van der Waals surface area contributed by atoms with Gasteiger partial charge in [-0.3, -0.25) is 0 Å². The zero-order valence-corrected chi connectivity index (χ0v) is 20.3. The predicted octanol–water partition coefficient (Wildman–Crippen LogP) is 10.1. The van der Waals surface area contributed by atoms with Crippen LogP contribution in [0.3, 0.4) is 0 Å². The van der Waals surface area contributed by atoms with Crippen LogP contribution in [0.15, 0.2) is 30.3 Å². The van der Waals surface area contributed by atoms with Gasteiger partial charge in [-0.05, 0) is 5.82 Å². The average Bonchev–Trinajstić information content (AvgIpc) is 2.75. The second-order valence-corrected chi connectivity index (χ2v) is 9.39. The van der Waals surface area contributed by atoms with E-state index in [4.69, 9.17) is 0 Å². The monoisotopic (exact) mass is 398 g/mol. The van der Waals surface area contributed by atoms with Crippen molar-refractivity contribution >= 4 is 6.71 Å². The molecule has 0 saturated carbocycles. The Balaban J connectivity index is 2.67. The summed E-state index contributed by atoms with van der Waals surface area (Å²) in [4.78, 5) is 0. The lowest BCUT2D eigenvalue weighted by Crippen LogP contribution is -2.24. The lowest BCUT2D eigenvalue weighted by Gasteiger charge is -2.26. The van der Waals surface area contributed by atoms with Crippen LogP contribution in [0.2, 0.25) is 12.6 Å². The highest BCUT2D eigenvalue weighted by Gasteiger charge is 2.25. The van der Waals surface area contributed by atoms with E-state index >= 15 is 0 Å². The Morgan fingerprint density at radius 2 is 1.00 bits per heavy atom. The summed E-state index contributed by atoms with van der Waals surface area (Å²) in [5.41, 5.74) is 1.62. The highest BCUT2D eigenvalue weighted by atomic mass is 14.1. The van der Waals surface area contributed by atoms with Gasteiger partial charge in [-0.2, -0.15) is 0 Å². The maximum absolute atomic E-state index is 2.41. The highest BCUT2D eigenvalue weighted by Crippen LogP contribution is 2.32. The highest BCUT2D eigenvalue weighted by molar-refractivity contribution is 6.60. The minimum atomic E-state index is 0.787. The van der Waals surface area contributed by atoms with Crippen LogP contribution in [0.5, 0.6) is 0 Å². The van der Waals surface area contributed by atoms with Crippen LogP contribution < -0.4 is 0 Å². The van der Waals surface area contributed by atoms with Crippen LogP contribution in [0.4, 0.5) is 0 Å². The summed E-state index contributed by atoms with van der Waals surface area (Å²) in [6.07, 6.45) is 25.5. The molecule has 0 aliphatic carbocycles. The summed E-state index contributed by atoms with van der Waals surface area (Å²) in [7, 11) is 0. The van der Waals surface area contributed by atoms with E-state index in [9.17, 15) is 0 Å². The van der Waals surface area contributed by atoms with Crippen LogP contribution >= 0.6 is 0 Å². The molecule has 1 aromatic carbocycles. The zero-order valence-electron chi connectivity index (χ0n) is 20.3. The van der Waals surface area contributed by atoms with E-state index in [1.54, 1.807) is 5.56 Å². The van der Waals surface area contributed by atoms with Crippen molar-refractivity contribution in [2.75, 3.05) is 0 Å². The van der Waals surface area contributed by atoms with Gasteiger partial charge in [0.1, 0.15) is 6.71 Å². The number of benzene rings is 1. The first-order valence-corrected chi connectivity index (χ1v) is 13.4. The SMILES string of the molecule is CCCCCCCB(CCCCCCC)C(CCCCCCC)c1ccccc1. The number of unbranched alkanes of at least 4 members (excludes halogenated alkanes) is 12. The molecule has 0 aliphatic heterocycles. The van der Waals surface area contributed by atoms with Crippen molar-refractivity contribution in [2.24, 2.45) is 0 Å². The molecule has 0 amide bonds. The van der Waals surface area contributed by atoms with E-state index in [1.807, 2.05) is 0 Å². The van der Waals surface area contributed by atoms with Gasteiger partial charge in [-0.25, -0.2) is 0 Å². The molecule has 0 spiro atoms. The van der Waals surface area contributed by atoms with E-state index in [2.05, 4.69) is 51.1 Å². The molecule has 0 saturated heterocycles. The topological polar surface area (TPSA) is 0 Å². The Labute approximate surface area is 184 Å². The summed E-state index contributed by atoms with van der Waals surface area (Å²) in [5.74, 6) is 0.787. The van der Waals surface area contributed by atoms with Crippen molar-refractivity contribution in [3.63, 3.8) is 0 Å². The normalized spacial score (nSPS) is 12.2. The Bertz CT molecular complexity index is 427. The molecular formula is C28H51B. The molecule has 1 unspecified atom stereocenters. The molecule has 0 N–H and O–H groups in total. The third-order valence-electron chi connectivity index (χ3n) is 6.77. The zero-order chi connectivity index (χ0) is 21.0. The van der Waals surface area contributed by atoms with E-state index < -0.39 is 0 Å². The Kier molecular flexibility index (Phi) is 17.5. The molecule has 1 rings (SSSR count).